The van der Waals surface area contributed by atoms with Gasteiger partial charge in [-0.05, 0) is 37.9 Å². The van der Waals surface area contributed by atoms with Crippen LogP contribution >= 0.6 is 15.9 Å². The van der Waals surface area contributed by atoms with Crippen LogP contribution in [0.1, 0.15) is 32.3 Å². The highest BCUT2D eigenvalue weighted by molar-refractivity contribution is 9.10. The van der Waals surface area contributed by atoms with Gasteiger partial charge in [-0.1, -0.05) is 41.1 Å². The van der Waals surface area contributed by atoms with E-state index < -0.39 is 0 Å². The second kappa shape index (κ2) is 8.13. The van der Waals surface area contributed by atoms with Crippen LogP contribution in [0.5, 0.6) is 0 Å². The average Bonchev–Trinajstić information content (AvgIpc) is 2.45. The van der Waals surface area contributed by atoms with E-state index in [4.69, 9.17) is 9.47 Å². The predicted molar refractivity (Wildman–Crippen MR) is 84.8 cm³/mol. The fourth-order valence-corrected chi connectivity index (χ4v) is 2.90. The van der Waals surface area contributed by atoms with Gasteiger partial charge in [0.25, 0.3) is 0 Å². The van der Waals surface area contributed by atoms with Crippen molar-refractivity contribution in [3.63, 3.8) is 0 Å². The zero-order chi connectivity index (χ0) is 14.4. The van der Waals surface area contributed by atoms with Crippen molar-refractivity contribution in [2.24, 2.45) is 0 Å². The summed E-state index contributed by atoms with van der Waals surface area (Å²) in [6.07, 6.45) is 2.58. The first-order chi connectivity index (χ1) is 9.76. The maximum absolute atomic E-state index is 6.03. The van der Waals surface area contributed by atoms with Gasteiger partial charge in [-0.15, -0.1) is 0 Å². The van der Waals surface area contributed by atoms with Crippen molar-refractivity contribution in [1.29, 1.82) is 0 Å². The number of benzene rings is 1. The Balaban J connectivity index is 1.82. The fourth-order valence-electron chi connectivity index (χ4n) is 2.50. The zero-order valence-corrected chi connectivity index (χ0v) is 13.9. The Morgan fingerprint density at radius 1 is 1.25 bits per heavy atom. The van der Waals surface area contributed by atoms with Crippen molar-refractivity contribution in [3.8, 4) is 0 Å². The molecule has 3 unspecified atom stereocenters. The van der Waals surface area contributed by atoms with Gasteiger partial charge in [-0.25, -0.2) is 0 Å². The molecule has 0 aromatic heterocycles. The Bertz CT molecular complexity index is 413. The van der Waals surface area contributed by atoms with Gasteiger partial charge in [0.05, 0.1) is 18.8 Å². The number of rotatable bonds is 8. The molecule has 0 amide bonds. The summed E-state index contributed by atoms with van der Waals surface area (Å²) in [5.74, 6) is 0. The summed E-state index contributed by atoms with van der Waals surface area (Å²) >= 11 is 3.55. The van der Waals surface area contributed by atoms with Crippen molar-refractivity contribution < 1.29 is 9.47 Å². The molecule has 0 spiro atoms. The average molecular weight is 342 g/mol. The second-order valence-corrected chi connectivity index (χ2v) is 6.01. The zero-order valence-electron chi connectivity index (χ0n) is 12.3. The highest BCUT2D eigenvalue weighted by Crippen LogP contribution is 2.29. The fraction of sp³-hybridized carbons (Fsp3) is 0.625. The Labute approximate surface area is 130 Å². The van der Waals surface area contributed by atoms with Crippen LogP contribution in [0.4, 0.5) is 0 Å². The molecule has 1 fully saturated rings. The summed E-state index contributed by atoms with van der Waals surface area (Å²) in [7, 11) is 0. The van der Waals surface area contributed by atoms with E-state index in [1.807, 2.05) is 25.1 Å². The molecule has 0 heterocycles. The largest absolute Gasteiger partial charge is 0.374 e. The molecule has 3 nitrogen and oxygen atoms in total. The van der Waals surface area contributed by atoms with Crippen molar-refractivity contribution >= 4 is 15.9 Å². The van der Waals surface area contributed by atoms with E-state index in [1.165, 1.54) is 5.56 Å². The SMILES string of the molecule is CCCNC1CC(OCc2ccccc2Br)C1OCC. The highest BCUT2D eigenvalue weighted by Gasteiger charge is 2.42. The normalized spacial score (nSPS) is 25.4. The predicted octanol–water partition coefficient (Wildman–Crippen LogP) is 3.51. The van der Waals surface area contributed by atoms with Crippen LogP contribution in [0.25, 0.3) is 0 Å². The molecular formula is C16H24BrNO2. The molecule has 0 aliphatic heterocycles. The number of hydrogen-bond acceptors (Lipinski definition) is 3. The molecule has 1 aliphatic carbocycles. The number of nitrogens with one attached hydrogen (secondary N) is 1. The Morgan fingerprint density at radius 3 is 2.75 bits per heavy atom. The summed E-state index contributed by atoms with van der Waals surface area (Å²) in [6.45, 7) is 6.65. The lowest BCUT2D eigenvalue weighted by atomic mass is 9.85. The molecule has 3 atom stereocenters. The molecular weight excluding hydrogens is 318 g/mol. The molecule has 20 heavy (non-hydrogen) atoms. The van der Waals surface area contributed by atoms with Gasteiger partial charge in [0.2, 0.25) is 0 Å². The lowest BCUT2D eigenvalue weighted by molar-refractivity contribution is -0.150. The van der Waals surface area contributed by atoms with Crippen LogP contribution in [-0.4, -0.2) is 31.4 Å². The van der Waals surface area contributed by atoms with E-state index in [1.54, 1.807) is 0 Å². The summed E-state index contributed by atoms with van der Waals surface area (Å²) in [4.78, 5) is 0. The summed E-state index contributed by atoms with van der Waals surface area (Å²) in [5, 5.41) is 3.53. The summed E-state index contributed by atoms with van der Waals surface area (Å²) in [6, 6.07) is 8.63. The Morgan fingerprint density at radius 2 is 2.05 bits per heavy atom. The van der Waals surface area contributed by atoms with Crippen molar-refractivity contribution in [1.82, 2.24) is 5.32 Å². The first-order valence-electron chi connectivity index (χ1n) is 7.46. The van der Waals surface area contributed by atoms with Crippen LogP contribution in [0, 0.1) is 0 Å². The third-order valence-corrected chi connectivity index (χ3v) is 4.45. The molecule has 0 saturated heterocycles. The van der Waals surface area contributed by atoms with Crippen LogP contribution in [0.2, 0.25) is 0 Å². The minimum absolute atomic E-state index is 0.189. The summed E-state index contributed by atoms with van der Waals surface area (Å²) < 4.78 is 12.9. The van der Waals surface area contributed by atoms with Gasteiger partial charge < -0.3 is 14.8 Å². The van der Waals surface area contributed by atoms with Gasteiger partial charge in [-0.2, -0.15) is 0 Å². The molecule has 1 aliphatic rings. The highest BCUT2D eigenvalue weighted by atomic mass is 79.9. The Kier molecular flexibility index (Phi) is 6.49. The van der Waals surface area contributed by atoms with E-state index in [0.717, 1.165) is 30.5 Å². The van der Waals surface area contributed by atoms with Gasteiger partial charge in [-0.3, -0.25) is 0 Å². The topological polar surface area (TPSA) is 30.5 Å². The molecule has 0 radical (unpaired) electrons. The van der Waals surface area contributed by atoms with E-state index in [0.29, 0.717) is 12.6 Å². The van der Waals surface area contributed by atoms with E-state index in [-0.39, 0.29) is 12.2 Å². The van der Waals surface area contributed by atoms with Gasteiger partial charge in [0, 0.05) is 17.1 Å². The molecule has 1 aromatic carbocycles. The minimum Gasteiger partial charge on any atom is -0.374 e. The van der Waals surface area contributed by atoms with Crippen LogP contribution in [0.15, 0.2) is 28.7 Å². The van der Waals surface area contributed by atoms with Gasteiger partial charge in [0.15, 0.2) is 0 Å². The van der Waals surface area contributed by atoms with E-state index >= 15 is 0 Å². The van der Waals surface area contributed by atoms with Crippen molar-refractivity contribution in [3.05, 3.63) is 34.3 Å². The molecule has 2 rings (SSSR count). The minimum atomic E-state index is 0.189. The number of ether oxygens (including phenoxy) is 2. The molecule has 0 bridgehead atoms. The monoisotopic (exact) mass is 341 g/mol. The van der Waals surface area contributed by atoms with Gasteiger partial charge >= 0.3 is 0 Å². The van der Waals surface area contributed by atoms with E-state index in [9.17, 15) is 0 Å². The van der Waals surface area contributed by atoms with Crippen LogP contribution < -0.4 is 5.32 Å². The second-order valence-electron chi connectivity index (χ2n) is 5.16. The standard InChI is InChI=1S/C16H24BrNO2/c1-3-9-18-14-10-15(16(14)19-4-2)20-11-12-7-5-6-8-13(12)17/h5-8,14-16,18H,3-4,9-11H2,1-2H3. The maximum Gasteiger partial charge on any atom is 0.0990 e. The molecule has 4 heteroatoms. The van der Waals surface area contributed by atoms with Gasteiger partial charge in [0.1, 0.15) is 0 Å². The molecule has 1 saturated carbocycles. The first-order valence-corrected chi connectivity index (χ1v) is 8.25. The first kappa shape index (κ1) is 16.0. The van der Waals surface area contributed by atoms with Crippen LogP contribution in [0.3, 0.4) is 0 Å². The number of hydrogen-bond donors (Lipinski definition) is 1. The molecule has 1 N–H and O–H groups in total. The Hall–Kier alpha value is -0.420. The molecule has 112 valence electrons. The quantitative estimate of drug-likeness (QED) is 0.784. The maximum atomic E-state index is 6.03. The smallest absolute Gasteiger partial charge is 0.0990 e. The van der Waals surface area contributed by atoms with Crippen molar-refractivity contribution in [2.75, 3.05) is 13.2 Å². The van der Waals surface area contributed by atoms with E-state index in [2.05, 4.69) is 34.2 Å². The number of halogens is 1. The molecule has 1 aromatic rings. The lowest BCUT2D eigenvalue weighted by Crippen LogP contribution is -2.60. The lowest BCUT2D eigenvalue weighted by Gasteiger charge is -2.44. The third-order valence-electron chi connectivity index (χ3n) is 3.68. The third kappa shape index (κ3) is 4.04. The summed E-state index contributed by atoms with van der Waals surface area (Å²) in [5.41, 5.74) is 1.19. The van der Waals surface area contributed by atoms with Crippen LogP contribution in [-0.2, 0) is 16.1 Å². The van der Waals surface area contributed by atoms with Crippen molar-refractivity contribution in [2.45, 2.75) is 51.5 Å².